The first-order valence-electron chi connectivity index (χ1n) is 6.86. The van der Waals surface area contributed by atoms with Gasteiger partial charge in [0, 0.05) is 11.6 Å². The quantitative estimate of drug-likeness (QED) is 0.777. The van der Waals surface area contributed by atoms with Gasteiger partial charge in [-0.05, 0) is 19.1 Å². The molecule has 0 aliphatic heterocycles. The van der Waals surface area contributed by atoms with Crippen molar-refractivity contribution < 1.29 is 40.6 Å². The number of methoxy groups -OCH3 is 1. The number of alkyl halides is 6. The summed E-state index contributed by atoms with van der Waals surface area (Å²) in [6, 6.07) is 2.95. The van der Waals surface area contributed by atoms with Gasteiger partial charge in [-0.3, -0.25) is 0 Å². The standard InChI is InChI=1S/C15H12F6N2O3/c1-7-12(22)11(6-23-13(7)14(16,17)18)25-9-4-3-8(5-10(9)24-2)26-15(19,20)21/h3-6H,1-2H3,(H2,22,23). The van der Waals surface area contributed by atoms with Crippen LogP contribution >= 0.6 is 0 Å². The van der Waals surface area contributed by atoms with E-state index in [2.05, 4.69) is 9.72 Å². The van der Waals surface area contributed by atoms with Gasteiger partial charge in [0.2, 0.25) is 0 Å². The molecule has 0 unspecified atom stereocenters. The molecule has 26 heavy (non-hydrogen) atoms. The minimum absolute atomic E-state index is 0.0883. The van der Waals surface area contributed by atoms with E-state index >= 15 is 0 Å². The highest BCUT2D eigenvalue weighted by molar-refractivity contribution is 5.61. The van der Waals surface area contributed by atoms with Crippen LogP contribution in [-0.2, 0) is 6.18 Å². The van der Waals surface area contributed by atoms with Crippen molar-refractivity contribution in [2.45, 2.75) is 19.5 Å². The molecule has 0 bridgehead atoms. The van der Waals surface area contributed by atoms with Gasteiger partial charge in [0.25, 0.3) is 0 Å². The Morgan fingerprint density at radius 2 is 1.65 bits per heavy atom. The summed E-state index contributed by atoms with van der Waals surface area (Å²) in [5, 5.41) is 0. The Balaban J connectivity index is 2.35. The first-order chi connectivity index (χ1) is 11.9. The van der Waals surface area contributed by atoms with Crippen LogP contribution in [0.2, 0.25) is 0 Å². The topological polar surface area (TPSA) is 66.6 Å². The molecule has 0 saturated carbocycles. The van der Waals surface area contributed by atoms with E-state index in [1.165, 1.54) is 7.11 Å². The van der Waals surface area contributed by atoms with Crippen LogP contribution in [0, 0.1) is 6.92 Å². The van der Waals surface area contributed by atoms with Crippen molar-refractivity contribution in [2.75, 3.05) is 12.8 Å². The third kappa shape index (κ3) is 4.41. The van der Waals surface area contributed by atoms with Crippen LogP contribution in [0.4, 0.5) is 32.0 Å². The Hall–Kier alpha value is -2.85. The van der Waals surface area contributed by atoms with E-state index in [4.69, 9.17) is 15.2 Å². The number of nitrogen functional groups attached to an aromatic ring is 1. The zero-order valence-electron chi connectivity index (χ0n) is 13.3. The number of nitrogens with zero attached hydrogens (tertiary/aromatic N) is 1. The Morgan fingerprint density at radius 1 is 1.00 bits per heavy atom. The number of ether oxygens (including phenoxy) is 3. The lowest BCUT2D eigenvalue weighted by Crippen LogP contribution is -2.17. The Kier molecular flexibility index (Phi) is 5.10. The molecule has 0 atom stereocenters. The highest BCUT2D eigenvalue weighted by Gasteiger charge is 2.36. The van der Waals surface area contributed by atoms with Crippen LogP contribution in [0.3, 0.4) is 0 Å². The first-order valence-corrected chi connectivity index (χ1v) is 6.86. The molecule has 142 valence electrons. The number of hydrogen-bond donors (Lipinski definition) is 1. The molecule has 0 saturated heterocycles. The zero-order valence-corrected chi connectivity index (χ0v) is 13.3. The van der Waals surface area contributed by atoms with E-state index in [9.17, 15) is 26.3 Å². The number of rotatable bonds is 4. The van der Waals surface area contributed by atoms with Crippen LogP contribution in [-0.4, -0.2) is 18.5 Å². The van der Waals surface area contributed by atoms with Crippen molar-refractivity contribution in [1.29, 1.82) is 0 Å². The normalized spacial score (nSPS) is 12.0. The molecule has 0 aliphatic carbocycles. The second-order valence-electron chi connectivity index (χ2n) is 4.97. The Bertz CT molecular complexity index is 805. The lowest BCUT2D eigenvalue weighted by molar-refractivity contribution is -0.274. The second-order valence-corrected chi connectivity index (χ2v) is 4.97. The van der Waals surface area contributed by atoms with E-state index in [1.807, 2.05) is 0 Å². The molecular formula is C15H12F6N2O3. The van der Waals surface area contributed by atoms with Gasteiger partial charge in [0.05, 0.1) is 19.0 Å². The van der Waals surface area contributed by atoms with Gasteiger partial charge in [0.15, 0.2) is 17.2 Å². The molecule has 0 fully saturated rings. The molecule has 1 aromatic heterocycles. The van der Waals surface area contributed by atoms with Crippen molar-refractivity contribution in [1.82, 2.24) is 4.98 Å². The summed E-state index contributed by atoms with van der Waals surface area (Å²) in [4.78, 5) is 3.28. The molecule has 1 aromatic carbocycles. The molecule has 2 N–H and O–H groups in total. The van der Waals surface area contributed by atoms with Gasteiger partial charge in [-0.1, -0.05) is 0 Å². The fourth-order valence-electron chi connectivity index (χ4n) is 2.02. The zero-order chi connectivity index (χ0) is 19.7. The van der Waals surface area contributed by atoms with Crippen molar-refractivity contribution in [3.63, 3.8) is 0 Å². The van der Waals surface area contributed by atoms with Crippen molar-refractivity contribution in [3.05, 3.63) is 35.7 Å². The van der Waals surface area contributed by atoms with Crippen LogP contribution < -0.4 is 19.9 Å². The van der Waals surface area contributed by atoms with Crippen molar-refractivity contribution in [2.24, 2.45) is 0 Å². The summed E-state index contributed by atoms with van der Waals surface area (Å²) in [7, 11) is 1.17. The lowest BCUT2D eigenvalue weighted by atomic mass is 10.1. The summed E-state index contributed by atoms with van der Waals surface area (Å²) in [5.41, 5.74) is 3.83. The van der Waals surface area contributed by atoms with Gasteiger partial charge >= 0.3 is 12.5 Å². The largest absolute Gasteiger partial charge is 0.573 e. The van der Waals surface area contributed by atoms with Gasteiger partial charge in [-0.25, -0.2) is 4.98 Å². The predicted molar refractivity (Wildman–Crippen MR) is 78.1 cm³/mol. The molecule has 2 rings (SSSR count). The average molecular weight is 382 g/mol. The smallest absolute Gasteiger partial charge is 0.493 e. The van der Waals surface area contributed by atoms with Crippen molar-refractivity contribution >= 4 is 5.69 Å². The predicted octanol–water partition coefficient (Wildman–Crippen LogP) is 4.69. The molecule has 2 aromatic rings. The summed E-state index contributed by atoms with van der Waals surface area (Å²) in [6.07, 6.45) is -8.82. The van der Waals surface area contributed by atoms with E-state index < -0.39 is 24.0 Å². The molecule has 0 spiro atoms. The summed E-state index contributed by atoms with van der Waals surface area (Å²) >= 11 is 0. The van der Waals surface area contributed by atoms with Gasteiger partial charge in [0.1, 0.15) is 11.4 Å². The highest BCUT2D eigenvalue weighted by Crippen LogP contribution is 2.40. The van der Waals surface area contributed by atoms with E-state index in [-0.39, 0.29) is 28.5 Å². The van der Waals surface area contributed by atoms with Crippen LogP contribution in [0.5, 0.6) is 23.0 Å². The van der Waals surface area contributed by atoms with Crippen LogP contribution in [0.15, 0.2) is 24.4 Å². The minimum atomic E-state index is -4.90. The van der Waals surface area contributed by atoms with Gasteiger partial charge < -0.3 is 19.9 Å². The highest BCUT2D eigenvalue weighted by atomic mass is 19.4. The monoisotopic (exact) mass is 382 g/mol. The number of benzene rings is 1. The summed E-state index contributed by atoms with van der Waals surface area (Å²) < 4.78 is 89.1. The second kappa shape index (κ2) is 6.81. The van der Waals surface area contributed by atoms with E-state index in [0.717, 1.165) is 31.3 Å². The summed E-state index contributed by atoms with van der Waals surface area (Å²) in [6.45, 7) is 1.12. The number of anilines is 1. The molecular weight excluding hydrogens is 370 g/mol. The van der Waals surface area contributed by atoms with E-state index in [0.29, 0.717) is 0 Å². The molecule has 0 amide bonds. The third-order valence-electron chi connectivity index (χ3n) is 3.19. The van der Waals surface area contributed by atoms with Crippen LogP contribution in [0.25, 0.3) is 0 Å². The molecule has 0 aliphatic rings. The molecule has 1 heterocycles. The Labute approximate surface area is 143 Å². The number of hydrogen-bond acceptors (Lipinski definition) is 5. The number of aromatic nitrogens is 1. The molecule has 0 radical (unpaired) electrons. The lowest BCUT2D eigenvalue weighted by Gasteiger charge is -2.16. The molecule has 11 heteroatoms. The maximum Gasteiger partial charge on any atom is 0.573 e. The molecule has 5 nitrogen and oxygen atoms in total. The number of halogens is 6. The fourth-order valence-corrected chi connectivity index (χ4v) is 2.02. The third-order valence-corrected chi connectivity index (χ3v) is 3.19. The van der Waals surface area contributed by atoms with Crippen molar-refractivity contribution in [3.8, 4) is 23.0 Å². The maximum absolute atomic E-state index is 12.8. The average Bonchev–Trinajstić information content (AvgIpc) is 2.50. The first kappa shape index (κ1) is 19.5. The minimum Gasteiger partial charge on any atom is -0.493 e. The SMILES string of the molecule is COc1cc(OC(F)(F)F)ccc1Oc1cnc(C(F)(F)F)c(C)c1N. The number of nitrogens with two attached hydrogens (primary N) is 1. The van der Waals surface area contributed by atoms with E-state index in [1.54, 1.807) is 0 Å². The fraction of sp³-hybridized carbons (Fsp3) is 0.267. The maximum atomic E-state index is 12.8. The van der Waals surface area contributed by atoms with Crippen LogP contribution in [0.1, 0.15) is 11.3 Å². The number of pyridine rings is 1. The van der Waals surface area contributed by atoms with Gasteiger partial charge in [-0.2, -0.15) is 13.2 Å². The van der Waals surface area contributed by atoms with Gasteiger partial charge in [-0.15, -0.1) is 13.2 Å². The summed E-state index contributed by atoms with van der Waals surface area (Å²) in [5.74, 6) is -1.01. The Morgan fingerprint density at radius 3 is 2.19 bits per heavy atom.